The van der Waals surface area contributed by atoms with Crippen LogP contribution in [0.2, 0.25) is 0 Å². The fourth-order valence-corrected chi connectivity index (χ4v) is 1.29. The van der Waals surface area contributed by atoms with E-state index in [1.54, 1.807) is 0 Å². The van der Waals surface area contributed by atoms with E-state index in [4.69, 9.17) is 0 Å². The van der Waals surface area contributed by atoms with Crippen LogP contribution >= 0.6 is 0 Å². The number of hydrogen-bond acceptors (Lipinski definition) is 4. The number of carbonyl (C=O) groups is 1. The number of methoxy groups -OCH3 is 1. The zero-order chi connectivity index (χ0) is 14.8. The summed E-state index contributed by atoms with van der Waals surface area (Å²) < 4.78 is 66.7. The van der Waals surface area contributed by atoms with Gasteiger partial charge in [0, 0.05) is 0 Å². The summed E-state index contributed by atoms with van der Waals surface area (Å²) in [6.45, 7) is 0. The molecule has 0 atom stereocenters. The van der Waals surface area contributed by atoms with Crippen LogP contribution in [-0.2, 0) is 22.1 Å². The van der Waals surface area contributed by atoms with Crippen molar-refractivity contribution in [3.8, 4) is 5.75 Å². The predicted octanol–water partition coefficient (Wildman–Crippen LogP) is 2.46. The van der Waals surface area contributed by atoms with Gasteiger partial charge >= 0.3 is 12.1 Å². The Bertz CT molecular complexity index is 487. The molecule has 0 bridgehead atoms. The third-order valence-electron chi connectivity index (χ3n) is 2.16. The summed E-state index contributed by atoms with van der Waals surface area (Å²) in [4.78, 5) is 13.9. The highest BCUT2D eigenvalue weighted by molar-refractivity contribution is 5.72. The Labute approximate surface area is 103 Å². The summed E-state index contributed by atoms with van der Waals surface area (Å²) >= 11 is 0. The van der Waals surface area contributed by atoms with Gasteiger partial charge in [-0.1, -0.05) is 0 Å². The standard InChI is InChI=1S/C10H8F5NO3/c1-19-7(18)3-5-6(17)2-4(10(13,14)15)8(16-5)9(11)12/h2,9,17H,3H2,1H3. The molecule has 1 aromatic rings. The van der Waals surface area contributed by atoms with Crippen LogP contribution in [0.1, 0.15) is 23.4 Å². The van der Waals surface area contributed by atoms with Crippen molar-refractivity contribution in [2.45, 2.75) is 19.0 Å². The SMILES string of the molecule is COC(=O)Cc1nc(C(F)F)c(C(F)(F)F)cc1O. The number of nitrogens with zero attached hydrogens (tertiary/aromatic N) is 1. The lowest BCUT2D eigenvalue weighted by atomic mass is 10.1. The van der Waals surface area contributed by atoms with Gasteiger partial charge in [0.05, 0.1) is 24.8 Å². The van der Waals surface area contributed by atoms with Gasteiger partial charge in [-0.2, -0.15) is 13.2 Å². The van der Waals surface area contributed by atoms with Gasteiger partial charge in [-0.3, -0.25) is 4.79 Å². The summed E-state index contributed by atoms with van der Waals surface area (Å²) in [6.07, 6.45) is -9.28. The number of hydrogen-bond donors (Lipinski definition) is 1. The van der Waals surface area contributed by atoms with E-state index in [2.05, 4.69) is 9.72 Å². The van der Waals surface area contributed by atoms with E-state index >= 15 is 0 Å². The molecule has 4 nitrogen and oxygen atoms in total. The molecule has 0 spiro atoms. The van der Waals surface area contributed by atoms with Crippen LogP contribution in [0, 0.1) is 0 Å². The van der Waals surface area contributed by atoms with Crippen molar-refractivity contribution in [3.63, 3.8) is 0 Å². The van der Waals surface area contributed by atoms with E-state index in [1.165, 1.54) is 0 Å². The van der Waals surface area contributed by atoms with Crippen LogP contribution in [0.4, 0.5) is 22.0 Å². The predicted molar refractivity (Wildman–Crippen MR) is 51.6 cm³/mol. The van der Waals surface area contributed by atoms with Crippen LogP contribution in [0.25, 0.3) is 0 Å². The number of alkyl halides is 5. The maximum Gasteiger partial charge on any atom is 0.418 e. The Morgan fingerprint density at radius 2 is 2.05 bits per heavy atom. The van der Waals surface area contributed by atoms with E-state index in [-0.39, 0.29) is 6.07 Å². The van der Waals surface area contributed by atoms with Crippen molar-refractivity contribution in [2.75, 3.05) is 7.11 Å². The van der Waals surface area contributed by atoms with Gasteiger partial charge in [-0.25, -0.2) is 13.8 Å². The molecule has 1 rings (SSSR count). The lowest BCUT2D eigenvalue weighted by Crippen LogP contribution is -2.14. The molecule has 19 heavy (non-hydrogen) atoms. The minimum absolute atomic E-state index is 0.118. The van der Waals surface area contributed by atoms with E-state index in [9.17, 15) is 31.9 Å². The molecule has 0 aromatic carbocycles. The van der Waals surface area contributed by atoms with Gasteiger partial charge in [0.2, 0.25) is 0 Å². The first kappa shape index (κ1) is 15.1. The van der Waals surface area contributed by atoms with Crippen LogP contribution in [0.5, 0.6) is 5.75 Å². The average Bonchev–Trinajstić information content (AvgIpc) is 2.29. The molecule has 1 aromatic heterocycles. The van der Waals surface area contributed by atoms with E-state index in [0.29, 0.717) is 0 Å². The molecule has 0 amide bonds. The first-order valence-corrected chi connectivity index (χ1v) is 4.81. The van der Waals surface area contributed by atoms with Gasteiger partial charge in [0.1, 0.15) is 11.4 Å². The van der Waals surface area contributed by atoms with Crippen molar-refractivity contribution in [2.24, 2.45) is 0 Å². The van der Waals surface area contributed by atoms with Crippen LogP contribution in [-0.4, -0.2) is 23.2 Å². The summed E-state index contributed by atoms with van der Waals surface area (Å²) in [7, 11) is 0.998. The van der Waals surface area contributed by atoms with Gasteiger partial charge in [0.15, 0.2) is 0 Å². The average molecular weight is 285 g/mol. The molecule has 0 aliphatic heterocycles. The molecule has 0 saturated carbocycles. The largest absolute Gasteiger partial charge is 0.506 e. The van der Waals surface area contributed by atoms with Gasteiger partial charge < -0.3 is 9.84 Å². The van der Waals surface area contributed by atoms with Crippen LogP contribution < -0.4 is 0 Å². The van der Waals surface area contributed by atoms with E-state index < -0.39 is 47.7 Å². The number of carbonyl (C=O) groups excluding carboxylic acids is 1. The normalized spacial score (nSPS) is 11.7. The molecule has 9 heteroatoms. The highest BCUT2D eigenvalue weighted by Gasteiger charge is 2.38. The summed E-state index contributed by atoms with van der Waals surface area (Å²) in [6, 6.07) is 0.118. The van der Waals surface area contributed by atoms with Crippen molar-refractivity contribution < 1.29 is 36.6 Å². The fraction of sp³-hybridized carbons (Fsp3) is 0.400. The number of pyridine rings is 1. The van der Waals surface area contributed by atoms with Crippen molar-refractivity contribution in [1.29, 1.82) is 0 Å². The lowest BCUT2D eigenvalue weighted by molar-refractivity contribution is -0.140. The fourth-order valence-electron chi connectivity index (χ4n) is 1.29. The van der Waals surface area contributed by atoms with Crippen molar-refractivity contribution >= 4 is 5.97 Å². The second-order valence-corrected chi connectivity index (χ2v) is 3.44. The molecule has 0 radical (unpaired) electrons. The zero-order valence-corrected chi connectivity index (χ0v) is 9.46. The number of rotatable bonds is 3. The molecule has 0 saturated heterocycles. The summed E-state index contributed by atoms with van der Waals surface area (Å²) in [5.74, 6) is -1.93. The summed E-state index contributed by atoms with van der Waals surface area (Å²) in [5, 5.41) is 9.29. The minimum Gasteiger partial charge on any atom is -0.506 e. The number of ether oxygens (including phenoxy) is 1. The Kier molecular flexibility index (Phi) is 4.28. The number of aromatic nitrogens is 1. The smallest absolute Gasteiger partial charge is 0.418 e. The van der Waals surface area contributed by atoms with Crippen LogP contribution in [0.3, 0.4) is 0 Å². The monoisotopic (exact) mass is 285 g/mol. The maximum absolute atomic E-state index is 12.5. The Morgan fingerprint density at radius 1 is 1.47 bits per heavy atom. The number of aromatic hydroxyl groups is 1. The van der Waals surface area contributed by atoms with Gasteiger partial charge in [0.25, 0.3) is 6.43 Å². The van der Waals surface area contributed by atoms with Crippen molar-refractivity contribution in [3.05, 3.63) is 23.0 Å². The number of esters is 1. The molecule has 1 N–H and O–H groups in total. The van der Waals surface area contributed by atoms with E-state index in [1.807, 2.05) is 0 Å². The molecule has 0 aliphatic rings. The van der Waals surface area contributed by atoms with E-state index in [0.717, 1.165) is 7.11 Å². The molecule has 106 valence electrons. The third-order valence-corrected chi connectivity index (χ3v) is 2.16. The Hall–Kier alpha value is -1.93. The molecular weight excluding hydrogens is 277 g/mol. The molecular formula is C10H8F5NO3. The first-order valence-electron chi connectivity index (χ1n) is 4.81. The Balaban J connectivity index is 3.33. The topological polar surface area (TPSA) is 59.4 Å². The number of halogens is 5. The van der Waals surface area contributed by atoms with Gasteiger partial charge in [-0.05, 0) is 6.07 Å². The zero-order valence-electron chi connectivity index (χ0n) is 9.46. The molecule has 1 heterocycles. The van der Waals surface area contributed by atoms with Gasteiger partial charge in [-0.15, -0.1) is 0 Å². The second-order valence-electron chi connectivity index (χ2n) is 3.44. The summed E-state index contributed by atoms with van der Waals surface area (Å²) in [5.41, 5.74) is -3.88. The maximum atomic E-state index is 12.5. The lowest BCUT2D eigenvalue weighted by Gasteiger charge is -2.14. The molecule has 0 unspecified atom stereocenters. The van der Waals surface area contributed by atoms with Crippen LogP contribution in [0.15, 0.2) is 6.07 Å². The minimum atomic E-state index is -5.08. The second kappa shape index (κ2) is 5.37. The highest BCUT2D eigenvalue weighted by atomic mass is 19.4. The van der Waals surface area contributed by atoms with Crippen molar-refractivity contribution in [1.82, 2.24) is 4.98 Å². The quantitative estimate of drug-likeness (QED) is 0.684. The Morgan fingerprint density at radius 3 is 2.47 bits per heavy atom. The molecule has 0 aliphatic carbocycles. The highest BCUT2D eigenvalue weighted by Crippen LogP contribution is 2.38. The third kappa shape index (κ3) is 3.52. The molecule has 0 fully saturated rings. The first-order chi connectivity index (χ1) is 8.66.